The molecular weight excluding hydrogens is 336 g/mol. The second-order valence-electron chi connectivity index (χ2n) is 11.4. The predicted octanol–water partition coefficient (Wildman–Crippen LogP) is 4.57. The number of carbonyl (C=O) groups excluding carboxylic acids is 1. The van der Waals surface area contributed by atoms with Crippen LogP contribution >= 0.6 is 0 Å². The van der Waals surface area contributed by atoms with Gasteiger partial charge in [0.05, 0.1) is 11.5 Å². The number of carbonyl (C=O) groups is 1. The number of hydrogen-bond donors (Lipinski definition) is 0. The summed E-state index contributed by atoms with van der Waals surface area (Å²) in [6.45, 7) is 0.207. The van der Waals surface area contributed by atoms with Gasteiger partial charge in [-0.25, -0.2) is 0 Å². The van der Waals surface area contributed by atoms with Crippen molar-refractivity contribution >= 4 is 5.97 Å². The quantitative estimate of drug-likeness (QED) is 0.316. The van der Waals surface area contributed by atoms with Gasteiger partial charge >= 0.3 is 5.97 Å². The number of fused-ring (bicyclic) bond motifs is 9. The Morgan fingerprint density at radius 2 is 1.52 bits per heavy atom. The SMILES string of the molecule is O=C(OCOC12CC3CC(CC(C3)C1)C2)C1CC2CC1C1C3C=CC(C3)C21. The number of rotatable bonds is 4. The zero-order chi connectivity index (χ0) is 17.8. The standard InChI is InChI=1S/C24H32O3/c25-23(20-8-18-7-19(20)22-17-2-1-16(6-17)21(18)22)26-12-27-24-9-13-3-14(10-24)5-15(4-13)11-24/h1-2,13-22H,3-12H2. The lowest BCUT2D eigenvalue weighted by molar-refractivity contribution is -0.213. The molecule has 0 aromatic rings. The third kappa shape index (κ3) is 2.21. The van der Waals surface area contributed by atoms with E-state index in [4.69, 9.17) is 9.47 Å². The number of allylic oxidation sites excluding steroid dienone is 2. The summed E-state index contributed by atoms with van der Waals surface area (Å²) >= 11 is 0. The van der Waals surface area contributed by atoms with Crippen LogP contribution in [0.5, 0.6) is 0 Å². The molecule has 8 aliphatic rings. The molecule has 3 heteroatoms. The van der Waals surface area contributed by atoms with E-state index in [1.165, 1.54) is 51.4 Å². The van der Waals surface area contributed by atoms with E-state index in [-0.39, 0.29) is 24.3 Å². The fraction of sp³-hybridized carbons (Fsp3) is 0.875. The third-order valence-corrected chi connectivity index (χ3v) is 10.1. The smallest absolute Gasteiger partial charge is 0.311 e. The van der Waals surface area contributed by atoms with Gasteiger partial charge < -0.3 is 9.47 Å². The molecule has 0 aliphatic heterocycles. The van der Waals surface area contributed by atoms with E-state index < -0.39 is 0 Å². The van der Waals surface area contributed by atoms with Crippen LogP contribution in [0.1, 0.15) is 57.8 Å². The van der Waals surface area contributed by atoms with E-state index in [1.807, 2.05) is 0 Å². The molecule has 7 unspecified atom stereocenters. The maximum Gasteiger partial charge on any atom is 0.311 e. The Morgan fingerprint density at radius 3 is 2.22 bits per heavy atom. The first kappa shape index (κ1) is 16.0. The summed E-state index contributed by atoms with van der Waals surface area (Å²) in [7, 11) is 0. The van der Waals surface area contributed by atoms with Gasteiger partial charge in [-0.1, -0.05) is 12.2 Å². The summed E-state index contributed by atoms with van der Waals surface area (Å²) in [5.74, 6) is 7.45. The molecule has 0 spiro atoms. The van der Waals surface area contributed by atoms with Crippen LogP contribution in [0.15, 0.2) is 12.2 Å². The molecule has 7 fully saturated rings. The first-order valence-corrected chi connectivity index (χ1v) is 11.7. The Hall–Kier alpha value is -0.830. The van der Waals surface area contributed by atoms with Crippen molar-refractivity contribution in [3.63, 3.8) is 0 Å². The lowest BCUT2D eigenvalue weighted by Gasteiger charge is -2.56. The van der Waals surface area contributed by atoms with Crippen LogP contribution in [0.2, 0.25) is 0 Å². The monoisotopic (exact) mass is 368 g/mol. The van der Waals surface area contributed by atoms with E-state index in [9.17, 15) is 4.79 Å². The minimum Gasteiger partial charge on any atom is -0.438 e. The molecular formula is C24H32O3. The molecule has 0 N–H and O–H groups in total. The van der Waals surface area contributed by atoms with Crippen LogP contribution < -0.4 is 0 Å². The Balaban J connectivity index is 0.988. The van der Waals surface area contributed by atoms with E-state index in [2.05, 4.69) is 12.2 Å². The fourth-order valence-corrected chi connectivity index (χ4v) is 9.81. The molecule has 0 aromatic carbocycles. The molecule has 8 bridgehead atoms. The predicted molar refractivity (Wildman–Crippen MR) is 100 cm³/mol. The second-order valence-corrected chi connectivity index (χ2v) is 11.4. The van der Waals surface area contributed by atoms with Crippen molar-refractivity contribution in [3.8, 4) is 0 Å². The molecule has 3 nitrogen and oxygen atoms in total. The van der Waals surface area contributed by atoms with Crippen molar-refractivity contribution < 1.29 is 14.3 Å². The van der Waals surface area contributed by atoms with Crippen LogP contribution in [-0.4, -0.2) is 18.4 Å². The molecule has 8 rings (SSSR count). The van der Waals surface area contributed by atoms with Gasteiger partial charge in [0.2, 0.25) is 0 Å². The van der Waals surface area contributed by atoms with Crippen LogP contribution in [0.4, 0.5) is 0 Å². The first-order chi connectivity index (χ1) is 13.2. The summed E-state index contributed by atoms with van der Waals surface area (Å²) in [6, 6.07) is 0. The van der Waals surface area contributed by atoms with Crippen molar-refractivity contribution in [2.24, 2.45) is 59.2 Å². The fourth-order valence-electron chi connectivity index (χ4n) is 9.81. The zero-order valence-electron chi connectivity index (χ0n) is 16.2. The topological polar surface area (TPSA) is 35.5 Å². The molecule has 27 heavy (non-hydrogen) atoms. The second kappa shape index (κ2) is 5.40. The van der Waals surface area contributed by atoms with E-state index in [0.717, 1.165) is 53.8 Å². The van der Waals surface area contributed by atoms with Gasteiger partial charge in [0.15, 0.2) is 6.79 Å². The van der Waals surface area contributed by atoms with Crippen molar-refractivity contribution in [2.45, 2.75) is 63.4 Å². The van der Waals surface area contributed by atoms with Crippen LogP contribution in [0.3, 0.4) is 0 Å². The van der Waals surface area contributed by atoms with Crippen LogP contribution in [0.25, 0.3) is 0 Å². The molecule has 0 saturated heterocycles. The van der Waals surface area contributed by atoms with Gasteiger partial charge in [0.25, 0.3) is 0 Å². The molecule has 0 radical (unpaired) electrons. The maximum absolute atomic E-state index is 12.9. The average Bonchev–Trinajstić information content (AvgIpc) is 3.39. The van der Waals surface area contributed by atoms with Gasteiger partial charge in [0.1, 0.15) is 0 Å². The Kier molecular flexibility index (Phi) is 3.21. The lowest BCUT2D eigenvalue weighted by Crippen LogP contribution is -2.52. The van der Waals surface area contributed by atoms with Crippen LogP contribution in [-0.2, 0) is 14.3 Å². The largest absolute Gasteiger partial charge is 0.438 e. The van der Waals surface area contributed by atoms with Gasteiger partial charge in [-0.2, -0.15) is 0 Å². The normalized spacial score (nSPS) is 58.2. The Morgan fingerprint density at radius 1 is 0.852 bits per heavy atom. The molecule has 146 valence electrons. The lowest BCUT2D eigenvalue weighted by atomic mass is 9.54. The highest BCUT2D eigenvalue weighted by atomic mass is 16.7. The van der Waals surface area contributed by atoms with E-state index >= 15 is 0 Å². The summed E-state index contributed by atoms with van der Waals surface area (Å²) in [5, 5.41) is 0. The number of ether oxygens (including phenoxy) is 2. The molecule has 0 aromatic heterocycles. The maximum atomic E-state index is 12.9. The van der Waals surface area contributed by atoms with Crippen molar-refractivity contribution in [1.29, 1.82) is 0 Å². The minimum absolute atomic E-state index is 0.0458. The van der Waals surface area contributed by atoms with Crippen molar-refractivity contribution in [1.82, 2.24) is 0 Å². The van der Waals surface area contributed by atoms with Crippen LogP contribution in [0, 0.1) is 59.2 Å². The summed E-state index contributed by atoms with van der Waals surface area (Å²) < 4.78 is 12.1. The third-order valence-electron chi connectivity index (χ3n) is 10.1. The summed E-state index contributed by atoms with van der Waals surface area (Å²) in [6.07, 6.45) is 16.5. The van der Waals surface area contributed by atoms with Gasteiger partial charge in [-0.15, -0.1) is 0 Å². The van der Waals surface area contributed by atoms with Gasteiger partial charge in [-0.3, -0.25) is 4.79 Å². The zero-order valence-corrected chi connectivity index (χ0v) is 16.2. The molecule has 7 saturated carbocycles. The van der Waals surface area contributed by atoms with Gasteiger partial charge in [-0.05, 0) is 111 Å². The molecule has 7 atom stereocenters. The summed E-state index contributed by atoms with van der Waals surface area (Å²) in [5.41, 5.74) is 0.0458. The minimum atomic E-state index is 0.0458. The molecule has 0 amide bonds. The number of hydrogen-bond acceptors (Lipinski definition) is 3. The summed E-state index contributed by atoms with van der Waals surface area (Å²) in [4.78, 5) is 12.9. The highest BCUT2D eigenvalue weighted by molar-refractivity contribution is 5.73. The first-order valence-electron chi connectivity index (χ1n) is 11.7. The molecule has 8 aliphatic carbocycles. The van der Waals surface area contributed by atoms with E-state index in [1.54, 1.807) is 0 Å². The Bertz CT molecular complexity index is 660. The highest BCUT2D eigenvalue weighted by Gasteiger charge is 2.62. The number of esters is 1. The molecule has 0 heterocycles. The Labute approximate surface area is 162 Å². The highest BCUT2D eigenvalue weighted by Crippen LogP contribution is 2.67. The van der Waals surface area contributed by atoms with E-state index in [0.29, 0.717) is 5.92 Å². The van der Waals surface area contributed by atoms with Gasteiger partial charge in [0, 0.05) is 0 Å². The average molecular weight is 369 g/mol. The van der Waals surface area contributed by atoms with Crippen molar-refractivity contribution in [3.05, 3.63) is 12.2 Å². The van der Waals surface area contributed by atoms with Crippen molar-refractivity contribution in [2.75, 3.05) is 6.79 Å².